The van der Waals surface area contributed by atoms with E-state index < -0.39 is 36.0 Å². The number of nitrogens with zero attached hydrogens (tertiary/aromatic N) is 2. The molecule has 0 amide bonds. The molecule has 2 heterocycles. The Bertz CT molecular complexity index is 979. The molecule has 0 spiro atoms. The van der Waals surface area contributed by atoms with Gasteiger partial charge < -0.3 is 19.9 Å². The first-order chi connectivity index (χ1) is 16.4. The van der Waals surface area contributed by atoms with Gasteiger partial charge in [0.25, 0.3) is 5.22 Å². The number of oxazole rings is 1. The number of aromatic nitrogens is 1. The van der Waals surface area contributed by atoms with Crippen molar-refractivity contribution in [1.82, 2.24) is 15.2 Å². The second kappa shape index (κ2) is 13.0. The Hall–Kier alpha value is -2.73. The van der Waals surface area contributed by atoms with E-state index in [-0.39, 0.29) is 5.52 Å². The number of hydrogen-bond acceptors (Lipinski definition) is 7. The second-order valence-corrected chi connectivity index (χ2v) is 7.75. The lowest BCUT2D eigenvalue weighted by Gasteiger charge is -2.26. The summed E-state index contributed by atoms with van der Waals surface area (Å²) in [6.45, 7) is 4.94. The molecule has 2 aromatic rings. The van der Waals surface area contributed by atoms with Gasteiger partial charge in [-0.15, -0.1) is 0 Å². The van der Waals surface area contributed by atoms with Crippen molar-refractivity contribution < 1.29 is 63.7 Å². The zero-order chi connectivity index (χ0) is 27.7. The van der Waals surface area contributed by atoms with E-state index >= 15 is 0 Å². The molecule has 0 atom stereocenters. The zero-order valence-corrected chi connectivity index (χ0v) is 18.6. The van der Waals surface area contributed by atoms with Crippen molar-refractivity contribution in [2.45, 2.75) is 23.8 Å². The predicted octanol–water partition coefficient (Wildman–Crippen LogP) is 4.11. The van der Waals surface area contributed by atoms with Gasteiger partial charge in [-0.2, -0.15) is 39.5 Å². The van der Waals surface area contributed by atoms with Crippen molar-refractivity contribution in [3.05, 3.63) is 23.8 Å². The maximum atomic E-state index is 12.7. The topological polar surface area (TPSA) is 116 Å². The van der Waals surface area contributed by atoms with Gasteiger partial charge in [0.15, 0.2) is 5.58 Å². The summed E-state index contributed by atoms with van der Waals surface area (Å²) < 4.78 is 107. The fraction of sp³-hybridized carbons (Fsp3) is 0.500. The van der Waals surface area contributed by atoms with Gasteiger partial charge in [-0.25, -0.2) is 14.6 Å². The monoisotopic (exact) mass is 559 g/mol. The summed E-state index contributed by atoms with van der Waals surface area (Å²) in [5, 5.41) is 18.0. The van der Waals surface area contributed by atoms with E-state index in [2.05, 4.69) is 15.2 Å². The molecule has 204 valence electrons. The quantitative estimate of drug-likeness (QED) is 0.376. The van der Waals surface area contributed by atoms with Crippen LogP contribution in [-0.4, -0.2) is 82.9 Å². The van der Waals surface area contributed by atoms with Crippen LogP contribution >= 0.6 is 11.8 Å². The molecule has 0 aliphatic carbocycles. The SMILES string of the molecule is FC(F)(F)c1ccc2oc(SCCN3CCNCC3)nc2c1.O=C(O)C(F)(F)F.O=C(O)C(F)(F)F. The number of rotatable bonds is 4. The van der Waals surface area contributed by atoms with Crippen molar-refractivity contribution >= 4 is 34.8 Å². The van der Waals surface area contributed by atoms with Crippen LogP contribution in [0.4, 0.5) is 39.5 Å². The van der Waals surface area contributed by atoms with Crippen molar-refractivity contribution in [3.8, 4) is 0 Å². The van der Waals surface area contributed by atoms with Gasteiger partial charge in [-0.1, -0.05) is 11.8 Å². The molecule has 1 aliphatic heterocycles. The Morgan fingerprint density at radius 2 is 1.47 bits per heavy atom. The van der Waals surface area contributed by atoms with Crippen LogP contribution in [0.15, 0.2) is 27.8 Å². The molecule has 3 rings (SSSR count). The van der Waals surface area contributed by atoms with Gasteiger partial charge in [0.1, 0.15) is 5.52 Å². The van der Waals surface area contributed by atoms with Gasteiger partial charge in [0, 0.05) is 38.5 Å². The highest BCUT2D eigenvalue weighted by Crippen LogP contribution is 2.32. The van der Waals surface area contributed by atoms with Crippen LogP contribution in [0, 0.1) is 0 Å². The van der Waals surface area contributed by atoms with E-state index in [0.29, 0.717) is 10.8 Å². The molecule has 18 heteroatoms. The molecule has 3 N–H and O–H groups in total. The van der Waals surface area contributed by atoms with Crippen molar-refractivity contribution in [3.63, 3.8) is 0 Å². The minimum Gasteiger partial charge on any atom is -0.475 e. The second-order valence-electron chi connectivity index (χ2n) is 6.71. The van der Waals surface area contributed by atoms with Gasteiger partial charge in [0.2, 0.25) is 0 Å². The summed E-state index contributed by atoms with van der Waals surface area (Å²) in [5.41, 5.74) is -0.0668. The maximum Gasteiger partial charge on any atom is 0.490 e. The summed E-state index contributed by atoms with van der Waals surface area (Å²) in [4.78, 5) is 24.3. The normalized spacial score (nSPS) is 14.9. The average Bonchev–Trinajstić information content (AvgIpc) is 3.15. The molecule has 0 radical (unpaired) electrons. The molecule has 36 heavy (non-hydrogen) atoms. The van der Waals surface area contributed by atoms with Crippen LogP contribution in [0.1, 0.15) is 5.56 Å². The Morgan fingerprint density at radius 3 is 1.92 bits per heavy atom. The minimum atomic E-state index is -5.08. The highest BCUT2D eigenvalue weighted by Gasteiger charge is 2.39. The molecule has 0 bridgehead atoms. The van der Waals surface area contributed by atoms with E-state index in [1.807, 2.05) is 0 Å². The van der Waals surface area contributed by atoms with Crippen LogP contribution in [0.5, 0.6) is 0 Å². The summed E-state index contributed by atoms with van der Waals surface area (Å²) in [5.74, 6) is -4.71. The third kappa shape index (κ3) is 11.3. The first-order valence-corrected chi connectivity index (χ1v) is 10.5. The molecular weight excluding hydrogens is 541 g/mol. The molecule has 1 aromatic carbocycles. The fourth-order valence-electron chi connectivity index (χ4n) is 2.34. The Labute approximate surface area is 200 Å². The zero-order valence-electron chi connectivity index (χ0n) is 17.8. The first kappa shape index (κ1) is 31.3. The summed E-state index contributed by atoms with van der Waals surface area (Å²) in [7, 11) is 0. The molecule has 0 unspecified atom stereocenters. The van der Waals surface area contributed by atoms with E-state index in [1.165, 1.54) is 17.8 Å². The molecular formula is C18H18F9N3O5S. The Kier molecular flexibility index (Phi) is 11.3. The molecule has 1 aliphatic rings. The van der Waals surface area contributed by atoms with Crippen LogP contribution in [-0.2, 0) is 15.8 Å². The maximum absolute atomic E-state index is 12.7. The lowest BCUT2D eigenvalue weighted by Crippen LogP contribution is -2.44. The smallest absolute Gasteiger partial charge is 0.475 e. The number of alkyl halides is 9. The largest absolute Gasteiger partial charge is 0.490 e. The Morgan fingerprint density at radius 1 is 0.972 bits per heavy atom. The van der Waals surface area contributed by atoms with Crippen molar-refractivity contribution in [2.24, 2.45) is 0 Å². The fourth-order valence-corrected chi connectivity index (χ4v) is 3.18. The van der Waals surface area contributed by atoms with Crippen molar-refractivity contribution in [1.29, 1.82) is 0 Å². The highest BCUT2D eigenvalue weighted by molar-refractivity contribution is 7.99. The highest BCUT2D eigenvalue weighted by atomic mass is 32.2. The number of aliphatic carboxylic acids is 2. The lowest BCUT2D eigenvalue weighted by molar-refractivity contribution is -0.193. The minimum absolute atomic E-state index is 0.250. The lowest BCUT2D eigenvalue weighted by atomic mass is 10.2. The number of benzene rings is 1. The number of carboxylic acids is 2. The third-order valence-electron chi connectivity index (χ3n) is 4.02. The third-order valence-corrected chi connectivity index (χ3v) is 4.83. The molecule has 0 saturated carbocycles. The van der Waals surface area contributed by atoms with Crippen LogP contribution < -0.4 is 5.32 Å². The summed E-state index contributed by atoms with van der Waals surface area (Å²) in [6.07, 6.45) is -14.5. The Balaban J connectivity index is 0.000000383. The molecule has 1 saturated heterocycles. The van der Waals surface area contributed by atoms with E-state index in [0.717, 1.165) is 50.6 Å². The number of carboxylic acid groups (broad SMARTS) is 2. The average molecular weight is 559 g/mol. The van der Waals surface area contributed by atoms with E-state index in [1.54, 1.807) is 0 Å². The van der Waals surface area contributed by atoms with Crippen LogP contribution in [0.25, 0.3) is 11.1 Å². The van der Waals surface area contributed by atoms with Gasteiger partial charge >= 0.3 is 30.5 Å². The summed E-state index contributed by atoms with van der Waals surface area (Å²) >= 11 is 1.43. The number of fused-ring (bicyclic) bond motifs is 1. The number of halogens is 9. The molecule has 8 nitrogen and oxygen atoms in total. The van der Waals surface area contributed by atoms with Crippen molar-refractivity contribution in [2.75, 3.05) is 38.5 Å². The number of carbonyl (C=O) groups is 2. The van der Waals surface area contributed by atoms with Crippen LogP contribution in [0.2, 0.25) is 0 Å². The predicted molar refractivity (Wildman–Crippen MR) is 106 cm³/mol. The number of piperazine rings is 1. The molecule has 1 aromatic heterocycles. The number of thioether (sulfide) groups is 1. The standard InChI is InChI=1S/C14H16F3N3OS.2C2HF3O2/c15-14(16,17)10-1-2-12-11(9-10)19-13(21-12)22-8-7-20-5-3-18-4-6-20;2*3-2(4,5)1(6)7/h1-2,9,18H,3-8H2;2*(H,6,7). The van der Waals surface area contributed by atoms with E-state index in [4.69, 9.17) is 24.2 Å². The number of nitrogens with one attached hydrogen (secondary N) is 1. The first-order valence-electron chi connectivity index (χ1n) is 9.55. The number of hydrogen-bond donors (Lipinski definition) is 3. The van der Waals surface area contributed by atoms with Crippen LogP contribution in [0.3, 0.4) is 0 Å². The van der Waals surface area contributed by atoms with Gasteiger partial charge in [0.05, 0.1) is 5.56 Å². The van der Waals surface area contributed by atoms with Gasteiger partial charge in [-0.05, 0) is 18.2 Å². The van der Waals surface area contributed by atoms with Gasteiger partial charge in [-0.3, -0.25) is 4.90 Å². The summed E-state index contributed by atoms with van der Waals surface area (Å²) in [6, 6.07) is 3.37. The van der Waals surface area contributed by atoms with E-state index in [9.17, 15) is 39.5 Å². The molecule has 1 fully saturated rings.